The molecule has 0 aliphatic carbocycles. The Morgan fingerprint density at radius 2 is 1.79 bits per heavy atom. The van der Waals surface area contributed by atoms with E-state index in [1.54, 1.807) is 0 Å². The standard InChI is InChI=1S/C16H13F3N2O2S/c1-11(13-5-3-6-14(9-13)16(17,18)19)21-24(22,23)15-7-2-4-12(8-15)10-20/h2-9,11,21H,1H3. The number of hydrogen-bond donors (Lipinski definition) is 1. The van der Waals surface area contributed by atoms with Gasteiger partial charge in [-0.05, 0) is 42.8 Å². The number of sulfonamides is 1. The summed E-state index contributed by atoms with van der Waals surface area (Å²) in [6.45, 7) is 1.45. The van der Waals surface area contributed by atoms with E-state index < -0.39 is 27.8 Å². The highest BCUT2D eigenvalue weighted by Gasteiger charge is 2.31. The predicted octanol–water partition coefficient (Wildman–Crippen LogP) is 3.62. The van der Waals surface area contributed by atoms with Crippen LogP contribution in [-0.4, -0.2) is 8.42 Å². The molecule has 0 aliphatic heterocycles. The minimum Gasteiger partial charge on any atom is -0.207 e. The lowest BCUT2D eigenvalue weighted by atomic mass is 10.1. The van der Waals surface area contributed by atoms with Gasteiger partial charge in [-0.1, -0.05) is 18.2 Å². The SMILES string of the molecule is CC(NS(=O)(=O)c1cccc(C#N)c1)c1cccc(C(F)(F)F)c1. The smallest absolute Gasteiger partial charge is 0.207 e. The van der Waals surface area contributed by atoms with E-state index in [1.807, 2.05) is 6.07 Å². The molecule has 0 spiro atoms. The average molecular weight is 354 g/mol. The first-order chi connectivity index (χ1) is 11.1. The van der Waals surface area contributed by atoms with Crippen LogP contribution in [0.25, 0.3) is 0 Å². The highest BCUT2D eigenvalue weighted by molar-refractivity contribution is 7.89. The first kappa shape index (κ1) is 18.0. The Morgan fingerprint density at radius 1 is 1.12 bits per heavy atom. The van der Waals surface area contributed by atoms with Crippen LogP contribution in [0.3, 0.4) is 0 Å². The van der Waals surface area contributed by atoms with Crippen LogP contribution in [0.2, 0.25) is 0 Å². The van der Waals surface area contributed by atoms with Crippen LogP contribution in [0.5, 0.6) is 0 Å². The number of nitrogens with one attached hydrogen (secondary N) is 1. The molecule has 2 aromatic rings. The Bertz CT molecular complexity index is 887. The van der Waals surface area contributed by atoms with Crippen molar-refractivity contribution >= 4 is 10.0 Å². The van der Waals surface area contributed by atoms with E-state index in [-0.39, 0.29) is 16.0 Å². The third-order valence-corrected chi connectivity index (χ3v) is 4.86. The summed E-state index contributed by atoms with van der Waals surface area (Å²) in [5.41, 5.74) is -0.494. The van der Waals surface area contributed by atoms with Gasteiger partial charge >= 0.3 is 6.18 Å². The first-order valence-electron chi connectivity index (χ1n) is 6.83. The van der Waals surface area contributed by atoms with Crippen molar-refractivity contribution in [1.82, 2.24) is 4.72 Å². The van der Waals surface area contributed by atoms with Gasteiger partial charge < -0.3 is 0 Å². The van der Waals surface area contributed by atoms with Crippen molar-refractivity contribution in [2.45, 2.75) is 24.0 Å². The fourth-order valence-corrected chi connectivity index (χ4v) is 3.36. The number of hydrogen-bond acceptors (Lipinski definition) is 3. The zero-order chi connectivity index (χ0) is 18.0. The second kappa shape index (κ2) is 6.63. The fraction of sp³-hybridized carbons (Fsp3) is 0.188. The van der Waals surface area contributed by atoms with E-state index in [1.165, 1.54) is 43.3 Å². The van der Waals surface area contributed by atoms with Gasteiger partial charge in [0, 0.05) is 6.04 Å². The van der Waals surface area contributed by atoms with Crippen LogP contribution in [0, 0.1) is 11.3 Å². The van der Waals surface area contributed by atoms with Crippen LogP contribution in [0.15, 0.2) is 53.4 Å². The van der Waals surface area contributed by atoms with Gasteiger partial charge in [0.2, 0.25) is 10.0 Å². The maximum atomic E-state index is 12.7. The lowest BCUT2D eigenvalue weighted by Crippen LogP contribution is -2.27. The topological polar surface area (TPSA) is 70.0 Å². The van der Waals surface area contributed by atoms with Gasteiger partial charge in [-0.3, -0.25) is 0 Å². The molecule has 0 amide bonds. The summed E-state index contributed by atoms with van der Waals surface area (Å²) >= 11 is 0. The highest BCUT2D eigenvalue weighted by atomic mass is 32.2. The van der Waals surface area contributed by atoms with Crippen molar-refractivity contribution in [2.24, 2.45) is 0 Å². The molecular weight excluding hydrogens is 341 g/mol. The molecule has 0 aliphatic rings. The van der Waals surface area contributed by atoms with Crippen LogP contribution in [0.4, 0.5) is 13.2 Å². The summed E-state index contributed by atoms with van der Waals surface area (Å²) in [5.74, 6) is 0. The molecule has 0 fully saturated rings. The van der Waals surface area contributed by atoms with Crippen LogP contribution >= 0.6 is 0 Å². The fourth-order valence-electron chi connectivity index (χ4n) is 2.09. The third-order valence-electron chi connectivity index (χ3n) is 3.32. The summed E-state index contributed by atoms with van der Waals surface area (Å²) < 4.78 is 65.2. The molecule has 4 nitrogen and oxygen atoms in total. The molecule has 0 radical (unpaired) electrons. The molecule has 0 saturated carbocycles. The molecule has 126 valence electrons. The van der Waals surface area contributed by atoms with E-state index in [0.29, 0.717) is 0 Å². The van der Waals surface area contributed by atoms with Gasteiger partial charge in [-0.15, -0.1) is 0 Å². The molecule has 0 bridgehead atoms. The molecule has 1 atom stereocenters. The van der Waals surface area contributed by atoms with Crippen molar-refractivity contribution < 1.29 is 21.6 Å². The Hall–Kier alpha value is -2.37. The minimum absolute atomic E-state index is 0.125. The van der Waals surface area contributed by atoms with Gasteiger partial charge in [0.05, 0.1) is 22.1 Å². The van der Waals surface area contributed by atoms with Crippen LogP contribution in [-0.2, 0) is 16.2 Å². The zero-order valence-corrected chi connectivity index (χ0v) is 13.3. The van der Waals surface area contributed by atoms with Gasteiger partial charge in [-0.2, -0.15) is 18.4 Å². The third kappa shape index (κ3) is 4.13. The van der Waals surface area contributed by atoms with Crippen molar-refractivity contribution in [3.05, 3.63) is 65.2 Å². The summed E-state index contributed by atoms with van der Waals surface area (Å²) in [5, 5.41) is 8.82. The van der Waals surface area contributed by atoms with Crippen molar-refractivity contribution in [1.29, 1.82) is 5.26 Å². The summed E-state index contributed by atoms with van der Waals surface area (Å²) in [6, 6.07) is 10.8. The predicted molar refractivity (Wildman–Crippen MR) is 81.3 cm³/mol. The maximum absolute atomic E-state index is 12.7. The molecule has 2 aromatic carbocycles. The second-order valence-electron chi connectivity index (χ2n) is 5.11. The van der Waals surface area contributed by atoms with Crippen molar-refractivity contribution in [3.8, 4) is 6.07 Å². The lowest BCUT2D eigenvalue weighted by Gasteiger charge is -2.16. The molecule has 0 aromatic heterocycles. The Morgan fingerprint density at radius 3 is 2.42 bits per heavy atom. The number of halogens is 3. The molecular formula is C16H13F3N2O2S. The van der Waals surface area contributed by atoms with E-state index in [0.717, 1.165) is 12.1 Å². The lowest BCUT2D eigenvalue weighted by molar-refractivity contribution is -0.137. The molecule has 0 saturated heterocycles. The number of nitriles is 1. The van der Waals surface area contributed by atoms with Gasteiger partial charge in [-0.25, -0.2) is 13.1 Å². The van der Waals surface area contributed by atoms with Crippen molar-refractivity contribution in [3.63, 3.8) is 0 Å². The van der Waals surface area contributed by atoms with Crippen LogP contribution < -0.4 is 4.72 Å². The van der Waals surface area contributed by atoms with E-state index in [9.17, 15) is 21.6 Å². The first-order valence-corrected chi connectivity index (χ1v) is 8.31. The zero-order valence-electron chi connectivity index (χ0n) is 12.5. The van der Waals surface area contributed by atoms with Gasteiger partial charge in [0.1, 0.15) is 0 Å². The molecule has 1 N–H and O–H groups in total. The normalized spacial score (nSPS) is 13.3. The quantitative estimate of drug-likeness (QED) is 0.912. The monoisotopic (exact) mass is 354 g/mol. The Labute approximate surface area is 137 Å². The molecule has 24 heavy (non-hydrogen) atoms. The molecule has 2 rings (SSSR count). The maximum Gasteiger partial charge on any atom is 0.416 e. The summed E-state index contributed by atoms with van der Waals surface area (Å²) in [6.07, 6.45) is -4.50. The molecule has 8 heteroatoms. The molecule has 0 heterocycles. The van der Waals surface area contributed by atoms with Crippen LogP contribution in [0.1, 0.15) is 29.7 Å². The Balaban J connectivity index is 2.28. The minimum atomic E-state index is -4.50. The summed E-state index contributed by atoms with van der Waals surface area (Å²) in [4.78, 5) is -0.125. The summed E-state index contributed by atoms with van der Waals surface area (Å²) in [7, 11) is -3.97. The Kier molecular flexibility index (Phi) is 4.96. The molecule has 1 unspecified atom stereocenters. The number of rotatable bonds is 4. The highest BCUT2D eigenvalue weighted by Crippen LogP contribution is 2.31. The number of benzene rings is 2. The van der Waals surface area contributed by atoms with Gasteiger partial charge in [0.25, 0.3) is 0 Å². The second-order valence-corrected chi connectivity index (χ2v) is 6.82. The average Bonchev–Trinajstić information content (AvgIpc) is 2.54. The van der Waals surface area contributed by atoms with E-state index in [4.69, 9.17) is 5.26 Å². The van der Waals surface area contributed by atoms with E-state index in [2.05, 4.69) is 4.72 Å². The number of nitrogens with zero attached hydrogens (tertiary/aromatic N) is 1. The van der Waals surface area contributed by atoms with Gasteiger partial charge in [0.15, 0.2) is 0 Å². The largest absolute Gasteiger partial charge is 0.416 e. The number of alkyl halides is 3. The van der Waals surface area contributed by atoms with E-state index >= 15 is 0 Å². The van der Waals surface area contributed by atoms with Crippen molar-refractivity contribution in [2.75, 3.05) is 0 Å².